The van der Waals surface area contributed by atoms with Crippen LogP contribution < -0.4 is 15.1 Å². The third-order valence-electron chi connectivity index (χ3n) is 13.0. The van der Waals surface area contributed by atoms with Crippen LogP contribution >= 0.6 is 0 Å². The first-order valence-corrected chi connectivity index (χ1v) is 20.4. The molecule has 3 fully saturated rings. The number of nitrogens with zero attached hydrogens (tertiary/aromatic N) is 5. The van der Waals surface area contributed by atoms with Gasteiger partial charge in [-0.05, 0) is 122 Å². The molecule has 4 aromatic rings. The SMILES string of the molecule is C=C1CCC(N2C(=O)c3ccc(N4CCN(CCC5CCN(c6ccc([C@H]7c8ccc(O)cc8CC[C@H]7c7ccccc7)cn6)CC5)CC4)cc3C2=O)C(=O)N1. The van der Waals surface area contributed by atoms with Gasteiger partial charge in [-0.25, -0.2) is 4.98 Å². The van der Waals surface area contributed by atoms with Crippen LogP contribution in [0.3, 0.4) is 0 Å². The van der Waals surface area contributed by atoms with Gasteiger partial charge in [-0.3, -0.25) is 24.2 Å². The first-order valence-electron chi connectivity index (χ1n) is 20.4. The van der Waals surface area contributed by atoms with E-state index >= 15 is 0 Å². The topological polar surface area (TPSA) is 109 Å². The van der Waals surface area contributed by atoms with Crippen LogP contribution in [0.25, 0.3) is 0 Å². The van der Waals surface area contributed by atoms with E-state index in [1.807, 2.05) is 24.3 Å². The fourth-order valence-corrected chi connectivity index (χ4v) is 9.83. The molecule has 2 N–H and O–H groups in total. The molecule has 9 rings (SSSR count). The monoisotopic (exact) mass is 750 g/mol. The molecule has 5 aliphatic rings. The molecule has 56 heavy (non-hydrogen) atoms. The van der Waals surface area contributed by atoms with Gasteiger partial charge < -0.3 is 20.2 Å². The maximum atomic E-state index is 13.4. The van der Waals surface area contributed by atoms with Crippen molar-refractivity contribution in [1.82, 2.24) is 20.1 Å². The molecule has 3 saturated heterocycles. The van der Waals surface area contributed by atoms with Crippen molar-refractivity contribution in [2.75, 3.05) is 55.6 Å². The lowest BCUT2D eigenvalue weighted by molar-refractivity contribution is -0.125. The number of phenols is 1. The summed E-state index contributed by atoms with van der Waals surface area (Å²) in [5.41, 5.74) is 7.44. The van der Waals surface area contributed by atoms with Crippen LogP contribution in [-0.2, 0) is 11.2 Å². The predicted octanol–water partition coefficient (Wildman–Crippen LogP) is 6.47. The van der Waals surface area contributed by atoms with E-state index in [4.69, 9.17) is 4.98 Å². The van der Waals surface area contributed by atoms with Gasteiger partial charge in [-0.15, -0.1) is 0 Å². The minimum absolute atomic E-state index is 0.198. The van der Waals surface area contributed by atoms with Gasteiger partial charge in [-0.1, -0.05) is 49.0 Å². The Bertz CT molecular complexity index is 2140. The van der Waals surface area contributed by atoms with Crippen molar-refractivity contribution >= 4 is 29.2 Å². The smallest absolute Gasteiger partial charge is 0.262 e. The number of piperidine rings is 2. The van der Waals surface area contributed by atoms with Crippen molar-refractivity contribution in [3.63, 3.8) is 0 Å². The summed E-state index contributed by atoms with van der Waals surface area (Å²) in [6, 6.07) is 25.9. The fraction of sp³-hybridized carbons (Fsp3) is 0.391. The number of hydrogen-bond acceptors (Lipinski definition) is 8. The molecule has 1 aliphatic carbocycles. The summed E-state index contributed by atoms with van der Waals surface area (Å²) in [6.07, 6.45) is 8.54. The van der Waals surface area contributed by atoms with Gasteiger partial charge in [0.1, 0.15) is 17.6 Å². The van der Waals surface area contributed by atoms with E-state index in [9.17, 15) is 19.5 Å². The number of aryl methyl sites for hydroxylation is 1. The number of aromatic hydroxyl groups is 1. The van der Waals surface area contributed by atoms with Gasteiger partial charge in [0.2, 0.25) is 5.91 Å². The predicted molar refractivity (Wildman–Crippen MR) is 217 cm³/mol. The number of nitrogens with one attached hydrogen (secondary N) is 1. The van der Waals surface area contributed by atoms with Crippen LogP contribution in [0.5, 0.6) is 5.75 Å². The third-order valence-corrected chi connectivity index (χ3v) is 13.0. The van der Waals surface area contributed by atoms with E-state index in [-0.39, 0.29) is 17.7 Å². The number of phenolic OH excluding ortho intramolecular Hbond substituents is 1. The molecule has 3 atom stereocenters. The second kappa shape index (κ2) is 15.2. The number of anilines is 2. The lowest BCUT2D eigenvalue weighted by atomic mass is 9.69. The van der Waals surface area contributed by atoms with E-state index in [2.05, 4.69) is 81.3 Å². The van der Waals surface area contributed by atoms with Gasteiger partial charge in [0.05, 0.1) is 11.1 Å². The summed E-state index contributed by atoms with van der Waals surface area (Å²) < 4.78 is 0. The second-order valence-electron chi connectivity index (χ2n) is 16.3. The molecular formula is C46H50N6O4. The Kier molecular flexibility index (Phi) is 9.83. The minimum Gasteiger partial charge on any atom is -0.508 e. The standard InChI is InChI=1S/C46H50N6O4/c1-30-7-15-41(44(54)48-30)52-45(55)39-13-10-35(28-40(39)46(52)56)50-25-23-49(24-26-50)20-17-31-18-21-51(22-19-31)42-16-9-34(29-47-42)43-37(32-5-3-2-4-6-32)12-8-33-27-36(53)11-14-38(33)43/h2-6,9-11,13-14,16,27-29,31,37,41,43,53H,1,7-8,12,15,17-26H2,(H,48,54)/t37-,41?,43+/m0/s1. The minimum atomic E-state index is -0.799. The summed E-state index contributed by atoms with van der Waals surface area (Å²) in [5, 5.41) is 12.9. The van der Waals surface area contributed by atoms with Crippen LogP contribution in [0.4, 0.5) is 11.5 Å². The van der Waals surface area contributed by atoms with Gasteiger partial charge in [0, 0.05) is 62.8 Å². The number of fused-ring (bicyclic) bond motifs is 2. The van der Waals surface area contributed by atoms with Gasteiger partial charge in [-0.2, -0.15) is 0 Å². The number of carbonyl (C=O) groups excluding carboxylic acids is 3. The van der Waals surface area contributed by atoms with Crippen LogP contribution in [0, 0.1) is 5.92 Å². The zero-order valence-electron chi connectivity index (χ0n) is 31.9. The molecule has 0 saturated carbocycles. The van der Waals surface area contributed by atoms with Crippen molar-refractivity contribution in [3.8, 4) is 5.75 Å². The molecule has 5 heterocycles. The number of allylic oxidation sites excluding steroid dienone is 1. The zero-order valence-corrected chi connectivity index (χ0v) is 31.9. The third kappa shape index (κ3) is 6.95. The maximum absolute atomic E-state index is 13.4. The average Bonchev–Trinajstić information content (AvgIpc) is 3.48. The Labute approximate surface area is 328 Å². The summed E-state index contributed by atoms with van der Waals surface area (Å²) >= 11 is 0. The molecule has 3 amide bonds. The Morgan fingerprint density at radius 1 is 0.750 bits per heavy atom. The van der Waals surface area contributed by atoms with E-state index in [1.165, 1.54) is 28.7 Å². The highest BCUT2D eigenvalue weighted by Gasteiger charge is 2.44. The molecule has 10 nitrogen and oxygen atoms in total. The van der Waals surface area contributed by atoms with Crippen LogP contribution in [-0.4, -0.2) is 89.5 Å². The highest BCUT2D eigenvalue weighted by atomic mass is 16.3. The van der Waals surface area contributed by atoms with Gasteiger partial charge in [0.15, 0.2) is 0 Å². The number of pyridine rings is 1. The van der Waals surface area contributed by atoms with E-state index < -0.39 is 11.9 Å². The lowest BCUT2D eigenvalue weighted by Gasteiger charge is -2.38. The van der Waals surface area contributed by atoms with Crippen molar-refractivity contribution in [2.45, 2.75) is 62.8 Å². The Morgan fingerprint density at radius 3 is 2.29 bits per heavy atom. The number of rotatable bonds is 8. The average molecular weight is 751 g/mol. The summed E-state index contributed by atoms with van der Waals surface area (Å²) in [7, 11) is 0. The molecule has 0 radical (unpaired) electrons. The van der Waals surface area contributed by atoms with Gasteiger partial charge in [0.25, 0.3) is 11.8 Å². The maximum Gasteiger partial charge on any atom is 0.262 e. The van der Waals surface area contributed by atoms with Crippen molar-refractivity contribution in [2.24, 2.45) is 5.92 Å². The molecule has 1 unspecified atom stereocenters. The molecule has 288 valence electrons. The largest absolute Gasteiger partial charge is 0.508 e. The second-order valence-corrected chi connectivity index (χ2v) is 16.3. The fourth-order valence-electron chi connectivity index (χ4n) is 9.83. The Morgan fingerprint density at radius 2 is 1.54 bits per heavy atom. The summed E-state index contributed by atoms with van der Waals surface area (Å²) in [5.74, 6) is 1.52. The van der Waals surface area contributed by atoms with Crippen molar-refractivity contribution in [3.05, 3.63) is 131 Å². The molecule has 4 aliphatic heterocycles. The molecule has 0 bridgehead atoms. The molecular weight excluding hydrogens is 701 g/mol. The summed E-state index contributed by atoms with van der Waals surface area (Å²) in [6.45, 7) is 10.5. The number of benzene rings is 3. The van der Waals surface area contributed by atoms with Crippen LogP contribution in [0.1, 0.15) is 93.3 Å². The van der Waals surface area contributed by atoms with Crippen molar-refractivity contribution < 1.29 is 19.5 Å². The summed E-state index contributed by atoms with van der Waals surface area (Å²) in [4.78, 5) is 52.6. The van der Waals surface area contributed by atoms with Gasteiger partial charge >= 0.3 is 0 Å². The van der Waals surface area contributed by atoms with Crippen LogP contribution in [0.15, 0.2) is 97.3 Å². The molecule has 3 aromatic carbocycles. The van der Waals surface area contributed by atoms with Crippen LogP contribution in [0.2, 0.25) is 0 Å². The number of piperazine rings is 1. The number of imide groups is 1. The number of carbonyl (C=O) groups is 3. The Hall–Kier alpha value is -5.48. The van der Waals surface area contributed by atoms with Crippen molar-refractivity contribution in [1.29, 1.82) is 0 Å². The molecule has 1 aromatic heterocycles. The first-order chi connectivity index (χ1) is 27.3. The number of hydrogen-bond donors (Lipinski definition) is 2. The first kappa shape index (κ1) is 36.2. The highest BCUT2D eigenvalue weighted by Crippen LogP contribution is 2.47. The van der Waals surface area contributed by atoms with E-state index in [1.54, 1.807) is 6.07 Å². The number of aromatic nitrogens is 1. The lowest BCUT2D eigenvalue weighted by Crippen LogP contribution is -2.51. The zero-order chi connectivity index (χ0) is 38.3. The highest BCUT2D eigenvalue weighted by molar-refractivity contribution is 6.23. The van der Waals surface area contributed by atoms with E-state index in [0.717, 1.165) is 87.9 Å². The molecule has 0 spiro atoms. The number of amides is 3. The Balaban J connectivity index is 0.764. The normalized spacial score (nSPS) is 23.3. The molecule has 10 heteroatoms. The van der Waals surface area contributed by atoms with E-state index in [0.29, 0.717) is 47.3 Å². The quantitative estimate of drug-likeness (QED) is 0.198.